The van der Waals surface area contributed by atoms with Gasteiger partial charge in [0.15, 0.2) is 0 Å². The molecule has 5 nitrogen and oxygen atoms in total. The molecular weight excluding hydrogens is 396 g/mol. The Hall–Kier alpha value is -0.120. The van der Waals surface area contributed by atoms with Crippen LogP contribution in [0.2, 0.25) is 0 Å². The van der Waals surface area contributed by atoms with Gasteiger partial charge < -0.3 is 5.32 Å². The van der Waals surface area contributed by atoms with Crippen molar-refractivity contribution in [3.8, 4) is 0 Å². The van der Waals surface area contributed by atoms with Crippen LogP contribution in [-0.4, -0.2) is 35.5 Å². The molecule has 0 aromatic carbocycles. The van der Waals surface area contributed by atoms with E-state index in [0.717, 1.165) is 4.31 Å². The molecule has 0 fully saturated rings. The number of carbonyl (C=O) groups is 1. The summed E-state index contributed by atoms with van der Waals surface area (Å²) in [5.74, 6) is 0. The van der Waals surface area contributed by atoms with Crippen molar-refractivity contribution in [3.63, 3.8) is 0 Å². The maximum absolute atomic E-state index is 12.2. The number of rotatable bonds is 3. The van der Waals surface area contributed by atoms with Crippen LogP contribution in [0.15, 0.2) is 15.7 Å². The average molecular weight is 404 g/mol. The number of halogens is 2. The molecule has 1 N–H and O–H groups in total. The van der Waals surface area contributed by atoms with E-state index < -0.39 is 16.1 Å². The van der Waals surface area contributed by atoms with Gasteiger partial charge in [-0.15, -0.1) is 11.3 Å². The minimum absolute atomic E-state index is 0.0920. The van der Waals surface area contributed by atoms with E-state index in [0.29, 0.717) is 11.0 Å². The van der Waals surface area contributed by atoms with E-state index in [4.69, 9.17) is 0 Å². The topological polar surface area (TPSA) is 66.5 Å². The average Bonchev–Trinajstić information content (AvgIpc) is 2.72. The number of hydrogen-bond donors (Lipinski definition) is 1. The zero-order valence-electron chi connectivity index (χ0n) is 8.39. The Morgan fingerprint density at radius 1 is 1.47 bits per heavy atom. The first-order valence-electron chi connectivity index (χ1n) is 4.56. The molecule has 94 valence electrons. The maximum atomic E-state index is 12.2. The molecule has 0 saturated carbocycles. The second kappa shape index (κ2) is 4.87. The molecule has 0 radical (unpaired) electrons. The van der Waals surface area contributed by atoms with Gasteiger partial charge in [0, 0.05) is 20.9 Å². The Kier molecular flexibility index (Phi) is 3.81. The number of alkyl halides is 2. The minimum atomic E-state index is -3.71. The van der Waals surface area contributed by atoms with Crippen molar-refractivity contribution in [1.82, 2.24) is 4.31 Å². The maximum Gasteiger partial charge on any atom is 0.335 e. The number of urea groups is 1. The molecule has 1 atom stereocenters. The highest BCUT2D eigenvalue weighted by molar-refractivity contribution is 9.12. The van der Waals surface area contributed by atoms with Gasteiger partial charge in [-0.3, -0.25) is 0 Å². The lowest BCUT2D eigenvalue weighted by atomic mass is 10.5. The van der Waals surface area contributed by atoms with Gasteiger partial charge in [0.1, 0.15) is 4.90 Å². The van der Waals surface area contributed by atoms with Gasteiger partial charge >= 0.3 is 6.03 Å². The van der Waals surface area contributed by atoms with Crippen molar-refractivity contribution in [3.05, 3.63) is 10.8 Å². The van der Waals surface area contributed by atoms with E-state index in [1.807, 2.05) is 0 Å². The molecule has 1 aromatic heterocycles. The quantitative estimate of drug-likeness (QED) is 0.788. The van der Waals surface area contributed by atoms with E-state index in [1.165, 1.54) is 16.7 Å². The summed E-state index contributed by atoms with van der Waals surface area (Å²) in [6.45, 7) is 0.0920. The molecule has 0 aliphatic carbocycles. The molecule has 0 bridgehead atoms. The standard InChI is InChI=1S/C8H8Br2N2O3S2/c9-1-5(10)2-12-8(13)11-6-3-16-4-7(6)17(12,14)15/h3-5H,1-2H2,(H,11,13). The smallest absolute Gasteiger partial charge is 0.305 e. The van der Waals surface area contributed by atoms with Crippen LogP contribution >= 0.6 is 43.2 Å². The number of anilines is 1. The van der Waals surface area contributed by atoms with E-state index in [1.54, 1.807) is 5.38 Å². The van der Waals surface area contributed by atoms with E-state index in [2.05, 4.69) is 37.2 Å². The summed E-state index contributed by atoms with van der Waals surface area (Å²) in [5, 5.41) is 6.25. The van der Waals surface area contributed by atoms with E-state index >= 15 is 0 Å². The fraction of sp³-hybridized carbons (Fsp3) is 0.375. The summed E-state index contributed by atoms with van der Waals surface area (Å²) in [4.78, 5) is 11.8. The summed E-state index contributed by atoms with van der Waals surface area (Å²) in [6.07, 6.45) is 0. The molecule has 2 rings (SSSR count). The summed E-state index contributed by atoms with van der Waals surface area (Å²) >= 11 is 7.76. The number of fused-ring (bicyclic) bond motifs is 1. The van der Waals surface area contributed by atoms with Crippen LogP contribution in [0.1, 0.15) is 0 Å². The van der Waals surface area contributed by atoms with Crippen molar-refractivity contribution >= 4 is 64.9 Å². The third kappa shape index (κ3) is 2.38. The van der Waals surface area contributed by atoms with Crippen LogP contribution < -0.4 is 5.32 Å². The normalized spacial score (nSPS) is 19.6. The second-order valence-corrected chi connectivity index (χ2v) is 7.88. The molecule has 1 aliphatic heterocycles. The van der Waals surface area contributed by atoms with E-state index in [9.17, 15) is 13.2 Å². The van der Waals surface area contributed by atoms with Crippen molar-refractivity contribution in [2.45, 2.75) is 9.72 Å². The molecule has 2 amide bonds. The molecule has 0 spiro atoms. The van der Waals surface area contributed by atoms with Crippen molar-refractivity contribution in [2.75, 3.05) is 17.2 Å². The molecule has 1 aromatic rings. The SMILES string of the molecule is O=C1Nc2cscc2S(=O)(=O)N1CC(Br)CBr. The predicted molar refractivity (Wildman–Crippen MR) is 73.7 cm³/mol. The van der Waals surface area contributed by atoms with Gasteiger partial charge in [-0.25, -0.2) is 17.5 Å². The highest BCUT2D eigenvalue weighted by Gasteiger charge is 2.37. The Morgan fingerprint density at radius 3 is 2.82 bits per heavy atom. The zero-order valence-corrected chi connectivity index (χ0v) is 13.2. The Balaban J connectivity index is 2.39. The van der Waals surface area contributed by atoms with Gasteiger partial charge in [0.05, 0.1) is 12.2 Å². The van der Waals surface area contributed by atoms with Gasteiger partial charge in [0.25, 0.3) is 10.0 Å². The van der Waals surface area contributed by atoms with Gasteiger partial charge in [-0.2, -0.15) is 0 Å². The number of amides is 2. The Morgan fingerprint density at radius 2 is 2.18 bits per heavy atom. The number of thiophene rings is 1. The van der Waals surface area contributed by atoms with Gasteiger partial charge in [-0.05, 0) is 0 Å². The zero-order chi connectivity index (χ0) is 12.6. The minimum Gasteiger partial charge on any atom is -0.305 e. The van der Waals surface area contributed by atoms with Crippen LogP contribution in [0, 0.1) is 0 Å². The lowest BCUT2D eigenvalue weighted by Gasteiger charge is -2.28. The summed E-state index contributed by atoms with van der Waals surface area (Å²) in [7, 11) is -3.71. The largest absolute Gasteiger partial charge is 0.335 e. The summed E-state index contributed by atoms with van der Waals surface area (Å²) < 4.78 is 25.2. The highest BCUT2D eigenvalue weighted by Crippen LogP contribution is 2.33. The lowest BCUT2D eigenvalue weighted by molar-refractivity contribution is 0.235. The Bertz CT molecular complexity index is 543. The predicted octanol–water partition coefficient (Wildman–Crippen LogP) is 2.44. The second-order valence-electron chi connectivity index (χ2n) is 3.37. The summed E-state index contributed by atoms with van der Waals surface area (Å²) in [5.41, 5.74) is 0.362. The molecule has 2 heterocycles. The monoisotopic (exact) mass is 402 g/mol. The van der Waals surface area contributed by atoms with Crippen LogP contribution in [0.5, 0.6) is 0 Å². The van der Waals surface area contributed by atoms with Crippen LogP contribution in [0.3, 0.4) is 0 Å². The van der Waals surface area contributed by atoms with Gasteiger partial charge in [0.2, 0.25) is 0 Å². The highest BCUT2D eigenvalue weighted by atomic mass is 79.9. The lowest BCUT2D eigenvalue weighted by Crippen LogP contribution is -2.46. The first-order valence-corrected chi connectivity index (χ1v) is 8.98. The van der Waals surface area contributed by atoms with Crippen molar-refractivity contribution in [2.24, 2.45) is 0 Å². The molecule has 17 heavy (non-hydrogen) atoms. The van der Waals surface area contributed by atoms with Crippen LogP contribution in [0.25, 0.3) is 0 Å². The fourth-order valence-corrected chi connectivity index (χ4v) is 4.71. The van der Waals surface area contributed by atoms with E-state index in [-0.39, 0.29) is 16.3 Å². The van der Waals surface area contributed by atoms with Crippen LogP contribution in [0.4, 0.5) is 10.5 Å². The number of nitrogens with zero attached hydrogens (tertiary/aromatic N) is 1. The van der Waals surface area contributed by atoms with Crippen molar-refractivity contribution in [1.29, 1.82) is 0 Å². The molecule has 1 unspecified atom stereocenters. The molecule has 1 aliphatic rings. The number of carbonyl (C=O) groups excluding carboxylic acids is 1. The first kappa shape index (κ1) is 13.3. The number of sulfonamides is 1. The number of hydrogen-bond acceptors (Lipinski definition) is 4. The molecular formula is C8H8Br2N2O3S2. The molecule has 0 saturated heterocycles. The van der Waals surface area contributed by atoms with Gasteiger partial charge in [-0.1, -0.05) is 31.9 Å². The summed E-state index contributed by atoms with van der Waals surface area (Å²) in [6, 6.07) is -0.610. The number of nitrogens with one attached hydrogen (secondary N) is 1. The van der Waals surface area contributed by atoms with Crippen molar-refractivity contribution < 1.29 is 13.2 Å². The third-order valence-corrected chi connectivity index (χ3v) is 7.14. The third-order valence-electron chi connectivity index (χ3n) is 2.19. The van der Waals surface area contributed by atoms with Crippen LogP contribution in [-0.2, 0) is 10.0 Å². The fourth-order valence-electron chi connectivity index (χ4n) is 1.39. The molecule has 9 heteroatoms. The first-order chi connectivity index (χ1) is 7.96. The Labute approximate surface area is 119 Å².